The summed E-state index contributed by atoms with van der Waals surface area (Å²) >= 11 is 0. The molecule has 4 atom stereocenters. The Morgan fingerprint density at radius 2 is 2.00 bits per heavy atom. The van der Waals surface area contributed by atoms with Crippen LogP contribution >= 0.6 is 0 Å². The molecular weight excluding hydrogens is 214 g/mol. The summed E-state index contributed by atoms with van der Waals surface area (Å²) in [5.74, 6) is 3.72. The number of rotatable bonds is 5. The van der Waals surface area contributed by atoms with Crippen molar-refractivity contribution in [2.24, 2.45) is 11.8 Å². The highest BCUT2D eigenvalue weighted by molar-refractivity contribution is 5.09. The van der Waals surface area contributed by atoms with Crippen molar-refractivity contribution in [1.82, 2.24) is 15.5 Å². The van der Waals surface area contributed by atoms with Crippen LogP contribution in [-0.2, 0) is 0 Å². The fourth-order valence-corrected chi connectivity index (χ4v) is 2.47. The minimum absolute atomic E-state index is 0.287. The highest BCUT2D eigenvalue weighted by atomic mass is 16.5. The predicted molar refractivity (Wildman–Crippen MR) is 66.9 cm³/mol. The Balaban J connectivity index is 2.15. The van der Waals surface area contributed by atoms with Crippen LogP contribution in [0.4, 0.5) is 0 Å². The van der Waals surface area contributed by atoms with Crippen LogP contribution < -0.4 is 5.32 Å². The maximum Gasteiger partial charge on any atom is 0.231 e. The average molecular weight is 237 g/mol. The van der Waals surface area contributed by atoms with Gasteiger partial charge in [0.1, 0.15) is 0 Å². The molecular formula is C13H23N3O. The van der Waals surface area contributed by atoms with Crippen molar-refractivity contribution in [3.63, 3.8) is 0 Å². The Labute approximate surface area is 103 Å². The molecule has 1 aromatic heterocycles. The van der Waals surface area contributed by atoms with Gasteiger partial charge in [-0.15, -0.1) is 0 Å². The first kappa shape index (κ1) is 12.6. The molecule has 1 aromatic rings. The molecule has 4 nitrogen and oxygen atoms in total. The van der Waals surface area contributed by atoms with Crippen LogP contribution in [-0.4, -0.2) is 23.2 Å². The summed E-state index contributed by atoms with van der Waals surface area (Å²) in [4.78, 5) is 4.60. The third-order valence-corrected chi connectivity index (χ3v) is 3.90. The highest BCUT2D eigenvalue weighted by Crippen LogP contribution is 2.45. The van der Waals surface area contributed by atoms with Crippen LogP contribution in [0.2, 0.25) is 0 Å². The van der Waals surface area contributed by atoms with E-state index >= 15 is 0 Å². The Bertz CT molecular complexity index is 374. The molecule has 96 valence electrons. The first-order valence-electron chi connectivity index (χ1n) is 6.55. The molecule has 0 bridgehead atoms. The van der Waals surface area contributed by atoms with Crippen molar-refractivity contribution in [2.45, 2.75) is 52.0 Å². The molecule has 4 unspecified atom stereocenters. The van der Waals surface area contributed by atoms with Gasteiger partial charge in [-0.1, -0.05) is 25.9 Å². The Hall–Kier alpha value is -0.900. The van der Waals surface area contributed by atoms with Gasteiger partial charge in [0.15, 0.2) is 5.82 Å². The van der Waals surface area contributed by atoms with E-state index in [0.717, 1.165) is 17.6 Å². The topological polar surface area (TPSA) is 51.0 Å². The lowest BCUT2D eigenvalue weighted by Gasteiger charge is -2.23. The van der Waals surface area contributed by atoms with Gasteiger partial charge < -0.3 is 9.84 Å². The van der Waals surface area contributed by atoms with Crippen molar-refractivity contribution in [1.29, 1.82) is 0 Å². The molecule has 17 heavy (non-hydrogen) atoms. The van der Waals surface area contributed by atoms with Crippen LogP contribution in [0.3, 0.4) is 0 Å². The number of hydrogen-bond donors (Lipinski definition) is 1. The zero-order valence-electron chi connectivity index (χ0n) is 11.4. The summed E-state index contributed by atoms with van der Waals surface area (Å²) < 4.78 is 5.46. The van der Waals surface area contributed by atoms with Gasteiger partial charge in [0.05, 0.1) is 5.92 Å². The van der Waals surface area contributed by atoms with E-state index in [1.807, 2.05) is 7.05 Å². The summed E-state index contributed by atoms with van der Waals surface area (Å²) in [7, 11) is 1.97. The Kier molecular flexibility index (Phi) is 3.52. The van der Waals surface area contributed by atoms with Crippen molar-refractivity contribution >= 4 is 0 Å². The smallest absolute Gasteiger partial charge is 0.231 e. The zero-order chi connectivity index (χ0) is 12.6. The minimum Gasteiger partial charge on any atom is -0.339 e. The molecule has 2 rings (SSSR count). The Morgan fingerprint density at radius 1 is 1.35 bits per heavy atom. The van der Waals surface area contributed by atoms with E-state index < -0.39 is 0 Å². The Morgan fingerprint density at radius 3 is 2.47 bits per heavy atom. The van der Waals surface area contributed by atoms with Gasteiger partial charge in [-0.3, -0.25) is 0 Å². The average Bonchev–Trinajstić information content (AvgIpc) is 2.82. The maximum atomic E-state index is 5.46. The van der Waals surface area contributed by atoms with Gasteiger partial charge in [-0.2, -0.15) is 4.98 Å². The summed E-state index contributed by atoms with van der Waals surface area (Å²) in [6, 6.07) is 0.347. The fourth-order valence-electron chi connectivity index (χ4n) is 2.47. The van der Waals surface area contributed by atoms with Crippen molar-refractivity contribution in [2.75, 3.05) is 7.05 Å². The molecule has 1 aliphatic carbocycles. The zero-order valence-corrected chi connectivity index (χ0v) is 11.4. The van der Waals surface area contributed by atoms with Crippen LogP contribution in [0, 0.1) is 11.8 Å². The van der Waals surface area contributed by atoms with Gasteiger partial charge in [0.2, 0.25) is 5.89 Å². The standard InChI is InChI=1S/C13H23N3O/c1-7(2)11(9(4)14-5)13-15-12(16-17-13)10-6-8(10)3/h7-11,14H,6H2,1-5H3. The summed E-state index contributed by atoms with van der Waals surface area (Å²) in [5, 5.41) is 7.41. The number of aromatic nitrogens is 2. The normalized spacial score (nSPS) is 27.2. The molecule has 1 N–H and O–H groups in total. The summed E-state index contributed by atoms with van der Waals surface area (Å²) in [6.45, 7) is 8.79. The largest absolute Gasteiger partial charge is 0.339 e. The SMILES string of the molecule is CNC(C)C(c1nc(C2CC2C)no1)C(C)C. The van der Waals surface area contributed by atoms with Crippen LogP contribution in [0.25, 0.3) is 0 Å². The molecule has 0 saturated heterocycles. The molecule has 1 heterocycles. The lowest BCUT2D eigenvalue weighted by atomic mass is 9.89. The number of hydrogen-bond acceptors (Lipinski definition) is 4. The highest BCUT2D eigenvalue weighted by Gasteiger charge is 2.39. The van der Waals surface area contributed by atoms with Crippen LogP contribution in [0.15, 0.2) is 4.52 Å². The second kappa shape index (κ2) is 4.77. The van der Waals surface area contributed by atoms with Crippen molar-refractivity contribution < 1.29 is 4.52 Å². The molecule has 0 amide bonds. The van der Waals surface area contributed by atoms with E-state index in [2.05, 4.69) is 43.2 Å². The first-order valence-corrected chi connectivity index (χ1v) is 6.55. The predicted octanol–water partition coefficient (Wildman–Crippen LogP) is 2.54. The fraction of sp³-hybridized carbons (Fsp3) is 0.846. The molecule has 0 radical (unpaired) electrons. The number of nitrogens with one attached hydrogen (secondary N) is 1. The third kappa shape index (κ3) is 2.51. The molecule has 1 aliphatic rings. The summed E-state index contributed by atoms with van der Waals surface area (Å²) in [6.07, 6.45) is 1.20. The van der Waals surface area contributed by atoms with Crippen LogP contribution in [0.5, 0.6) is 0 Å². The van der Waals surface area contributed by atoms with Crippen molar-refractivity contribution in [3.05, 3.63) is 11.7 Å². The quantitative estimate of drug-likeness (QED) is 0.855. The van der Waals surface area contributed by atoms with Crippen LogP contribution in [0.1, 0.15) is 57.7 Å². The third-order valence-electron chi connectivity index (χ3n) is 3.90. The minimum atomic E-state index is 0.287. The van der Waals surface area contributed by atoms with Gasteiger partial charge >= 0.3 is 0 Å². The van der Waals surface area contributed by atoms with Gasteiger partial charge in [0.25, 0.3) is 0 Å². The lowest BCUT2D eigenvalue weighted by Crippen LogP contribution is -2.32. The van der Waals surface area contributed by atoms with E-state index in [1.54, 1.807) is 0 Å². The number of likely N-dealkylation sites (N-methyl/N-ethyl adjacent to an activating group) is 1. The molecule has 0 aliphatic heterocycles. The van der Waals surface area contributed by atoms with Gasteiger partial charge in [0, 0.05) is 12.0 Å². The van der Waals surface area contributed by atoms with E-state index in [0.29, 0.717) is 17.9 Å². The second-order valence-corrected chi connectivity index (χ2v) is 5.66. The van der Waals surface area contributed by atoms with Gasteiger partial charge in [-0.05, 0) is 32.2 Å². The maximum absolute atomic E-state index is 5.46. The number of nitrogens with zero attached hydrogens (tertiary/aromatic N) is 2. The molecule has 4 heteroatoms. The van der Waals surface area contributed by atoms with Gasteiger partial charge in [-0.25, -0.2) is 0 Å². The summed E-state index contributed by atoms with van der Waals surface area (Å²) in [5.41, 5.74) is 0. The molecule has 0 aromatic carbocycles. The second-order valence-electron chi connectivity index (χ2n) is 5.66. The molecule has 0 spiro atoms. The van der Waals surface area contributed by atoms with E-state index in [1.165, 1.54) is 6.42 Å². The van der Waals surface area contributed by atoms with E-state index in [9.17, 15) is 0 Å². The first-order chi connectivity index (χ1) is 8.04. The molecule has 1 saturated carbocycles. The lowest BCUT2D eigenvalue weighted by molar-refractivity contribution is 0.284. The van der Waals surface area contributed by atoms with Crippen molar-refractivity contribution in [3.8, 4) is 0 Å². The van der Waals surface area contributed by atoms with E-state index in [-0.39, 0.29) is 5.92 Å². The molecule has 1 fully saturated rings. The monoisotopic (exact) mass is 237 g/mol. The van der Waals surface area contributed by atoms with E-state index in [4.69, 9.17) is 4.52 Å².